The SMILES string of the molecule is CCCCCCC(=O)N(CCc1ccccc1)CC(=O)N(CCc1c[nH]c2ccccc12)Cc1ccc(N(C)C)cc1. The Bertz CT molecular complexity index is 1390. The van der Waals surface area contributed by atoms with Crippen molar-refractivity contribution in [3.8, 4) is 0 Å². The summed E-state index contributed by atoms with van der Waals surface area (Å²) in [7, 11) is 4.05. The normalized spacial score (nSPS) is 11.0. The van der Waals surface area contributed by atoms with Gasteiger partial charge in [-0.15, -0.1) is 0 Å². The number of hydrogen-bond donors (Lipinski definition) is 1. The molecule has 0 saturated heterocycles. The number of benzene rings is 3. The number of para-hydroxylation sites is 1. The molecule has 1 heterocycles. The number of carbonyl (C=O) groups excluding carboxylic acids is 2. The standard InChI is InChI=1S/C36H46N4O2/c1-4-5-6-10-17-35(41)40(24-22-29-13-8-7-9-14-29)28-36(42)39(27-30-18-20-32(21-19-30)38(2)3)25-23-31-26-37-34-16-12-11-15-33(31)34/h7-9,11-16,18-21,26,37H,4-6,10,17,22-25,27-28H2,1-3H3. The van der Waals surface area contributed by atoms with Crippen LogP contribution in [-0.4, -0.2) is 60.3 Å². The maximum absolute atomic E-state index is 14.0. The lowest BCUT2D eigenvalue weighted by molar-refractivity contribution is -0.141. The van der Waals surface area contributed by atoms with Gasteiger partial charge in [0.05, 0.1) is 6.54 Å². The first-order valence-electron chi connectivity index (χ1n) is 15.4. The third-order valence-electron chi connectivity index (χ3n) is 7.94. The van der Waals surface area contributed by atoms with E-state index in [2.05, 4.69) is 65.3 Å². The van der Waals surface area contributed by atoms with Crippen molar-refractivity contribution in [2.75, 3.05) is 38.6 Å². The number of rotatable bonds is 16. The largest absolute Gasteiger partial charge is 0.378 e. The third-order valence-corrected chi connectivity index (χ3v) is 7.94. The minimum Gasteiger partial charge on any atom is -0.378 e. The van der Waals surface area contributed by atoms with Crippen LogP contribution in [0.4, 0.5) is 5.69 Å². The summed E-state index contributed by atoms with van der Waals surface area (Å²) in [4.78, 5) is 36.5. The summed E-state index contributed by atoms with van der Waals surface area (Å²) in [5, 5.41) is 1.19. The highest BCUT2D eigenvalue weighted by Crippen LogP contribution is 2.20. The van der Waals surface area contributed by atoms with Crippen LogP contribution in [0.5, 0.6) is 0 Å². The topological polar surface area (TPSA) is 59.7 Å². The molecule has 0 fully saturated rings. The van der Waals surface area contributed by atoms with Gasteiger partial charge in [-0.05, 0) is 54.2 Å². The van der Waals surface area contributed by atoms with Crippen molar-refractivity contribution in [1.82, 2.24) is 14.8 Å². The van der Waals surface area contributed by atoms with E-state index in [0.717, 1.165) is 55.3 Å². The van der Waals surface area contributed by atoms with Gasteiger partial charge in [0.25, 0.3) is 0 Å². The van der Waals surface area contributed by atoms with Gasteiger partial charge >= 0.3 is 0 Å². The summed E-state index contributed by atoms with van der Waals surface area (Å²) < 4.78 is 0. The number of hydrogen-bond acceptors (Lipinski definition) is 3. The van der Waals surface area contributed by atoms with Crippen LogP contribution in [-0.2, 0) is 29.0 Å². The Morgan fingerprint density at radius 1 is 0.714 bits per heavy atom. The zero-order valence-electron chi connectivity index (χ0n) is 25.5. The lowest BCUT2D eigenvalue weighted by Gasteiger charge is -2.28. The van der Waals surface area contributed by atoms with E-state index in [0.29, 0.717) is 26.1 Å². The van der Waals surface area contributed by atoms with Crippen molar-refractivity contribution in [2.24, 2.45) is 0 Å². The van der Waals surface area contributed by atoms with Crippen LogP contribution in [0.2, 0.25) is 0 Å². The van der Waals surface area contributed by atoms with E-state index in [1.54, 1.807) is 4.90 Å². The number of anilines is 1. The van der Waals surface area contributed by atoms with Gasteiger partial charge in [-0.2, -0.15) is 0 Å². The van der Waals surface area contributed by atoms with Gasteiger partial charge in [0.1, 0.15) is 0 Å². The van der Waals surface area contributed by atoms with E-state index in [9.17, 15) is 9.59 Å². The van der Waals surface area contributed by atoms with E-state index >= 15 is 0 Å². The second kappa shape index (κ2) is 15.8. The summed E-state index contributed by atoms with van der Waals surface area (Å²) in [5.74, 6) is 0.0591. The molecule has 2 amide bonds. The monoisotopic (exact) mass is 566 g/mol. The zero-order chi connectivity index (χ0) is 29.7. The average Bonchev–Trinajstić information content (AvgIpc) is 3.43. The number of fused-ring (bicyclic) bond motifs is 1. The van der Waals surface area contributed by atoms with E-state index in [-0.39, 0.29) is 18.4 Å². The van der Waals surface area contributed by atoms with Crippen molar-refractivity contribution >= 4 is 28.4 Å². The molecule has 0 bridgehead atoms. The first-order valence-corrected chi connectivity index (χ1v) is 15.4. The molecule has 6 nitrogen and oxygen atoms in total. The molecule has 3 aromatic carbocycles. The molecule has 0 aliphatic rings. The summed E-state index contributed by atoms with van der Waals surface area (Å²) in [6.07, 6.45) is 8.18. The predicted molar refractivity (Wildman–Crippen MR) is 174 cm³/mol. The van der Waals surface area contributed by atoms with Gasteiger partial charge in [-0.25, -0.2) is 0 Å². The molecule has 0 atom stereocenters. The lowest BCUT2D eigenvalue weighted by atomic mass is 10.1. The number of nitrogens with one attached hydrogen (secondary N) is 1. The van der Waals surface area contributed by atoms with Gasteiger partial charge < -0.3 is 19.7 Å². The first kappa shape index (κ1) is 30.9. The molecule has 222 valence electrons. The molecule has 42 heavy (non-hydrogen) atoms. The van der Waals surface area contributed by atoms with Crippen molar-refractivity contribution < 1.29 is 9.59 Å². The number of H-pyrrole nitrogens is 1. The van der Waals surface area contributed by atoms with Crippen LogP contribution in [0.25, 0.3) is 10.9 Å². The molecule has 4 aromatic rings. The maximum atomic E-state index is 14.0. The molecule has 0 aliphatic carbocycles. The van der Waals surface area contributed by atoms with Crippen LogP contribution >= 0.6 is 0 Å². The summed E-state index contributed by atoms with van der Waals surface area (Å²) in [5.41, 5.74) is 5.67. The van der Waals surface area contributed by atoms with Gasteiger partial charge in [-0.1, -0.05) is 86.8 Å². The third kappa shape index (κ3) is 8.97. The Kier molecular flexibility index (Phi) is 11.6. The summed E-state index contributed by atoms with van der Waals surface area (Å²) in [6, 6.07) is 26.8. The Labute approximate surface area is 251 Å². The van der Waals surface area contributed by atoms with Gasteiger partial charge in [0, 0.05) is 62.9 Å². The zero-order valence-corrected chi connectivity index (χ0v) is 25.5. The Morgan fingerprint density at radius 2 is 1.43 bits per heavy atom. The highest BCUT2D eigenvalue weighted by Gasteiger charge is 2.22. The van der Waals surface area contributed by atoms with Crippen LogP contribution in [0.3, 0.4) is 0 Å². The lowest BCUT2D eigenvalue weighted by Crippen LogP contribution is -2.44. The number of carbonyl (C=O) groups is 2. The Morgan fingerprint density at radius 3 is 2.17 bits per heavy atom. The number of amides is 2. The fourth-order valence-electron chi connectivity index (χ4n) is 5.33. The molecule has 0 spiro atoms. The smallest absolute Gasteiger partial charge is 0.242 e. The molecule has 1 aromatic heterocycles. The molecule has 0 saturated carbocycles. The van der Waals surface area contributed by atoms with Crippen molar-refractivity contribution in [1.29, 1.82) is 0 Å². The highest BCUT2D eigenvalue weighted by atomic mass is 16.2. The number of aromatic nitrogens is 1. The molecule has 0 radical (unpaired) electrons. The van der Waals surface area contributed by atoms with E-state index in [1.165, 1.54) is 16.5 Å². The van der Waals surface area contributed by atoms with Crippen LogP contribution in [0, 0.1) is 0 Å². The molecule has 1 N–H and O–H groups in total. The van der Waals surface area contributed by atoms with E-state index < -0.39 is 0 Å². The fraction of sp³-hybridized carbons (Fsp3) is 0.389. The second-order valence-corrected chi connectivity index (χ2v) is 11.3. The van der Waals surface area contributed by atoms with Crippen molar-refractivity contribution in [2.45, 2.75) is 58.4 Å². The van der Waals surface area contributed by atoms with Crippen LogP contribution in [0.15, 0.2) is 85.1 Å². The highest BCUT2D eigenvalue weighted by molar-refractivity contribution is 5.85. The molecule has 6 heteroatoms. The van der Waals surface area contributed by atoms with Crippen LogP contribution < -0.4 is 4.90 Å². The molecule has 0 unspecified atom stereocenters. The fourth-order valence-corrected chi connectivity index (χ4v) is 5.33. The second-order valence-electron chi connectivity index (χ2n) is 11.3. The minimum atomic E-state index is -0.0125. The molecule has 4 rings (SSSR count). The van der Waals surface area contributed by atoms with Gasteiger partial charge in [0.2, 0.25) is 11.8 Å². The molecular formula is C36H46N4O2. The molecular weight excluding hydrogens is 520 g/mol. The van der Waals surface area contributed by atoms with E-state index in [1.807, 2.05) is 55.5 Å². The van der Waals surface area contributed by atoms with Gasteiger partial charge in [0.15, 0.2) is 0 Å². The van der Waals surface area contributed by atoms with Gasteiger partial charge in [-0.3, -0.25) is 9.59 Å². The quantitative estimate of drug-likeness (QED) is 0.151. The number of nitrogens with zero attached hydrogens (tertiary/aromatic N) is 3. The summed E-state index contributed by atoms with van der Waals surface area (Å²) in [6.45, 7) is 3.89. The number of unbranched alkanes of at least 4 members (excludes halogenated alkanes) is 3. The van der Waals surface area contributed by atoms with E-state index in [4.69, 9.17) is 0 Å². The predicted octanol–water partition coefficient (Wildman–Crippen LogP) is 6.85. The summed E-state index contributed by atoms with van der Waals surface area (Å²) >= 11 is 0. The Hall–Kier alpha value is -4.06. The molecule has 0 aliphatic heterocycles. The minimum absolute atomic E-state index is 0.0125. The first-order chi connectivity index (χ1) is 20.4. The van der Waals surface area contributed by atoms with Crippen molar-refractivity contribution in [3.63, 3.8) is 0 Å². The van der Waals surface area contributed by atoms with Crippen molar-refractivity contribution in [3.05, 3.63) is 102 Å². The maximum Gasteiger partial charge on any atom is 0.242 e. The van der Waals surface area contributed by atoms with Crippen LogP contribution in [0.1, 0.15) is 55.7 Å². The Balaban J connectivity index is 1.50. The average molecular weight is 567 g/mol. The number of aromatic amines is 1.